The van der Waals surface area contributed by atoms with Crippen LogP contribution in [-0.4, -0.2) is 95.0 Å². The first kappa shape index (κ1) is 31.1. The Bertz CT molecular complexity index is 1770. The number of nitrogens with one attached hydrogen (secondary N) is 3. The van der Waals surface area contributed by atoms with Crippen LogP contribution in [0.1, 0.15) is 38.5 Å². The average Bonchev–Trinajstić information content (AvgIpc) is 3.60. The average molecular weight is 630 g/mol. The Balaban J connectivity index is 1.33. The number of benzene rings is 2. The molecule has 4 amide bonds. The van der Waals surface area contributed by atoms with Crippen molar-refractivity contribution in [3.63, 3.8) is 0 Å². The van der Waals surface area contributed by atoms with Gasteiger partial charge in [-0.2, -0.15) is 0 Å². The smallest absolute Gasteiger partial charge is 0.254 e. The molecule has 1 fully saturated rings. The molecule has 2 aliphatic rings. The molecule has 0 unspecified atom stereocenters. The van der Waals surface area contributed by atoms with Gasteiger partial charge < -0.3 is 24.3 Å². The second-order valence-corrected chi connectivity index (χ2v) is 12.9. The van der Waals surface area contributed by atoms with E-state index in [-0.39, 0.29) is 55.4 Å². The van der Waals surface area contributed by atoms with Crippen molar-refractivity contribution < 1.29 is 41.1 Å². The largest absolute Gasteiger partial charge is 0.497 e. The van der Waals surface area contributed by atoms with Gasteiger partial charge in [0.25, 0.3) is 11.8 Å². The zero-order valence-corrected chi connectivity index (χ0v) is 25.2. The number of rotatable bonds is 12. The van der Waals surface area contributed by atoms with Gasteiger partial charge in [-0.25, -0.2) is 17.5 Å². The summed E-state index contributed by atoms with van der Waals surface area (Å²) in [5, 5.41) is 5.28. The second-order valence-electron chi connectivity index (χ2n) is 11.0. The molecule has 15 heteroatoms. The number of likely N-dealkylation sites (N-methyl/N-ethyl adjacent to an activating group) is 1. The second kappa shape index (κ2) is 12.0. The Labute approximate surface area is 252 Å². The molecule has 3 N–H and O–H groups in total. The zero-order valence-electron chi connectivity index (χ0n) is 24.4. The van der Waals surface area contributed by atoms with Crippen molar-refractivity contribution in [2.75, 3.05) is 53.1 Å². The lowest BCUT2D eigenvalue weighted by Gasteiger charge is -2.28. The van der Waals surface area contributed by atoms with Crippen LogP contribution in [0, 0.1) is 5.82 Å². The molecule has 5 rings (SSSR count). The lowest BCUT2D eigenvalue weighted by molar-refractivity contribution is -0.127. The van der Waals surface area contributed by atoms with E-state index in [9.17, 15) is 27.6 Å². The van der Waals surface area contributed by atoms with Crippen LogP contribution in [0.3, 0.4) is 0 Å². The van der Waals surface area contributed by atoms with Gasteiger partial charge in [0.15, 0.2) is 0 Å². The van der Waals surface area contributed by atoms with Crippen LogP contribution >= 0.6 is 0 Å². The van der Waals surface area contributed by atoms with Crippen molar-refractivity contribution in [2.24, 2.45) is 0 Å². The topological polar surface area (TPSA) is 167 Å². The molecule has 3 heterocycles. The van der Waals surface area contributed by atoms with Crippen LogP contribution in [0.2, 0.25) is 0 Å². The third-order valence-corrected chi connectivity index (χ3v) is 8.49. The van der Waals surface area contributed by atoms with Crippen molar-refractivity contribution in [2.45, 2.75) is 18.4 Å². The van der Waals surface area contributed by atoms with E-state index in [1.165, 1.54) is 24.1 Å². The highest BCUT2D eigenvalue weighted by Crippen LogP contribution is 2.39. The molecule has 234 valence electrons. The predicted molar refractivity (Wildman–Crippen MR) is 156 cm³/mol. The van der Waals surface area contributed by atoms with Gasteiger partial charge in [-0.1, -0.05) is 6.07 Å². The maximum absolute atomic E-state index is 15.1. The van der Waals surface area contributed by atoms with Crippen molar-refractivity contribution in [1.82, 2.24) is 25.2 Å². The van der Waals surface area contributed by atoms with E-state index >= 15 is 4.39 Å². The molecule has 44 heavy (non-hydrogen) atoms. The van der Waals surface area contributed by atoms with Crippen LogP contribution in [0.4, 0.5) is 4.39 Å². The summed E-state index contributed by atoms with van der Waals surface area (Å²) in [7, 11) is -0.0620. The highest BCUT2D eigenvalue weighted by molar-refractivity contribution is 7.88. The maximum Gasteiger partial charge on any atom is 0.254 e. The molecular formula is C29H32FN5O8S. The molecule has 0 aliphatic carbocycles. The van der Waals surface area contributed by atoms with Crippen molar-refractivity contribution >= 4 is 44.6 Å². The van der Waals surface area contributed by atoms with Crippen molar-refractivity contribution in [3.05, 3.63) is 64.7 Å². The summed E-state index contributed by atoms with van der Waals surface area (Å²) < 4.78 is 51.0. The SMILES string of the molecule is COc1ccc2c(c1)C(=O)N(C[C@@]1(c3cc4cc(C(=O)NCCN(C)CCNS(C)(=O)=O)c(F)cc4o3)CC(=O)NC1=O)C2. The van der Waals surface area contributed by atoms with Gasteiger partial charge in [0.2, 0.25) is 21.8 Å². The molecule has 13 nitrogen and oxygen atoms in total. The molecule has 0 spiro atoms. The fourth-order valence-electron chi connectivity index (χ4n) is 5.43. The standard InChI is InChI=1S/C29H32FN5O8S/c1-34(9-7-32-44(3,40)41)8-6-31-26(37)21-10-18-11-24(43-23(18)13-22(21)30)29(14-25(36)33-28(29)39)16-35-15-17-4-5-19(42-2)12-20(17)27(35)38/h4-5,10-13,32H,6-9,14-16H2,1-3H3,(H,31,37)(H,33,36,39)/t29-/m1/s1. The Kier molecular flexibility index (Phi) is 8.46. The first-order valence-corrected chi connectivity index (χ1v) is 15.6. The summed E-state index contributed by atoms with van der Waals surface area (Å²) >= 11 is 0. The predicted octanol–water partition coefficient (Wildman–Crippen LogP) is 0.732. The van der Waals surface area contributed by atoms with Crippen LogP contribution in [0.5, 0.6) is 5.75 Å². The van der Waals surface area contributed by atoms with E-state index in [0.29, 0.717) is 29.8 Å². The van der Waals surface area contributed by atoms with E-state index in [2.05, 4.69) is 15.4 Å². The minimum Gasteiger partial charge on any atom is -0.497 e. The van der Waals surface area contributed by atoms with Crippen LogP contribution in [0.15, 0.2) is 40.8 Å². The number of methoxy groups -OCH3 is 1. The van der Waals surface area contributed by atoms with Crippen molar-refractivity contribution in [1.29, 1.82) is 0 Å². The minimum atomic E-state index is -3.30. The lowest BCUT2D eigenvalue weighted by atomic mass is 9.82. The Morgan fingerprint density at radius 3 is 2.59 bits per heavy atom. The molecule has 1 saturated heterocycles. The molecule has 2 aliphatic heterocycles. The van der Waals surface area contributed by atoms with E-state index in [0.717, 1.165) is 17.9 Å². The molecule has 1 aromatic heterocycles. The summed E-state index contributed by atoms with van der Waals surface area (Å²) in [5.74, 6) is -2.45. The normalized spacial score (nSPS) is 18.3. The molecule has 0 radical (unpaired) electrons. The van der Waals surface area contributed by atoms with E-state index < -0.39 is 39.0 Å². The zero-order chi connectivity index (χ0) is 31.8. The highest BCUT2D eigenvalue weighted by Gasteiger charge is 2.53. The van der Waals surface area contributed by atoms with E-state index in [1.54, 1.807) is 30.1 Å². The Hall–Kier alpha value is -4.34. The van der Waals surface area contributed by atoms with Gasteiger partial charge in [0, 0.05) is 56.3 Å². The molecule has 3 aromatic rings. The number of carbonyl (C=O) groups excluding carboxylic acids is 4. The lowest BCUT2D eigenvalue weighted by Crippen LogP contribution is -2.46. The molecule has 1 atom stereocenters. The minimum absolute atomic E-state index is 0.0680. The number of halogens is 1. The summed E-state index contributed by atoms with van der Waals surface area (Å²) in [6.45, 7) is 1.21. The number of hydrogen-bond acceptors (Lipinski definition) is 9. The Morgan fingerprint density at radius 2 is 1.91 bits per heavy atom. The molecule has 0 saturated carbocycles. The third-order valence-electron chi connectivity index (χ3n) is 7.77. The summed E-state index contributed by atoms with van der Waals surface area (Å²) in [6.07, 6.45) is 0.785. The van der Waals surface area contributed by atoms with Gasteiger partial charge in [0.05, 0.1) is 25.3 Å². The third kappa shape index (κ3) is 6.30. The van der Waals surface area contributed by atoms with Gasteiger partial charge in [0.1, 0.15) is 28.3 Å². The molecule has 0 bridgehead atoms. The fraction of sp³-hybridized carbons (Fsp3) is 0.379. The van der Waals surface area contributed by atoms with Gasteiger partial charge >= 0.3 is 0 Å². The number of nitrogens with zero attached hydrogens (tertiary/aromatic N) is 2. The summed E-state index contributed by atoms with van der Waals surface area (Å²) in [6, 6.07) is 8.96. The number of hydrogen-bond donors (Lipinski definition) is 3. The van der Waals surface area contributed by atoms with Crippen LogP contribution in [-0.2, 0) is 31.6 Å². The van der Waals surface area contributed by atoms with Gasteiger partial charge in [-0.3, -0.25) is 24.5 Å². The number of fused-ring (bicyclic) bond motifs is 2. The first-order chi connectivity index (χ1) is 20.8. The van der Waals surface area contributed by atoms with E-state index in [4.69, 9.17) is 9.15 Å². The number of furan rings is 1. The van der Waals surface area contributed by atoms with Crippen LogP contribution in [0.25, 0.3) is 11.0 Å². The van der Waals surface area contributed by atoms with E-state index in [1.807, 2.05) is 0 Å². The monoisotopic (exact) mass is 629 g/mol. The summed E-state index contributed by atoms with van der Waals surface area (Å²) in [4.78, 5) is 55.0. The quantitative estimate of drug-likeness (QED) is 0.245. The number of carbonyl (C=O) groups is 4. The summed E-state index contributed by atoms with van der Waals surface area (Å²) in [5.41, 5.74) is -0.559. The Morgan fingerprint density at radius 1 is 1.16 bits per heavy atom. The molecule has 2 aromatic carbocycles. The van der Waals surface area contributed by atoms with Crippen molar-refractivity contribution in [3.8, 4) is 5.75 Å². The van der Waals surface area contributed by atoms with Crippen LogP contribution < -0.4 is 20.1 Å². The molecular weight excluding hydrogens is 597 g/mol. The number of imide groups is 1. The van der Waals surface area contributed by atoms with Gasteiger partial charge in [-0.15, -0.1) is 0 Å². The highest BCUT2D eigenvalue weighted by atomic mass is 32.2. The number of ether oxygens (including phenoxy) is 1. The number of amides is 4. The number of sulfonamides is 1. The maximum atomic E-state index is 15.1. The van der Waals surface area contributed by atoms with Gasteiger partial charge in [-0.05, 0) is 36.9 Å². The fourth-order valence-corrected chi connectivity index (χ4v) is 5.89. The first-order valence-electron chi connectivity index (χ1n) is 13.7.